The Bertz CT molecular complexity index is 476. The number of hydrogen-bond acceptors (Lipinski definition) is 1. The Hall–Kier alpha value is -1.54. The number of hydrogen-bond donors (Lipinski definition) is 0. The summed E-state index contributed by atoms with van der Waals surface area (Å²) in [5.41, 5.74) is 1.39. The molecule has 0 aliphatic carbocycles. The van der Waals surface area contributed by atoms with Gasteiger partial charge in [-0.2, -0.15) is 0 Å². The highest BCUT2D eigenvalue weighted by Gasteiger charge is 2.12. The predicted molar refractivity (Wildman–Crippen MR) is 65.0 cm³/mol. The number of nitrogens with zero attached hydrogens (tertiary/aromatic N) is 1. The van der Waals surface area contributed by atoms with Crippen LogP contribution in [0.2, 0.25) is 0 Å². The Kier molecular flexibility index (Phi) is 3.42. The largest absolute Gasteiger partial charge is 0.344 e. The van der Waals surface area contributed by atoms with E-state index in [0.717, 1.165) is 0 Å². The zero-order valence-corrected chi connectivity index (χ0v) is 9.52. The predicted octanol–water partition coefficient (Wildman–Crippen LogP) is 2.96. The molecule has 0 saturated carbocycles. The van der Waals surface area contributed by atoms with Crippen LogP contribution in [-0.2, 0) is 6.54 Å². The van der Waals surface area contributed by atoms with E-state index in [9.17, 15) is 4.79 Å². The molecule has 82 valence electrons. The number of rotatable bonds is 4. The van der Waals surface area contributed by atoms with E-state index in [2.05, 4.69) is 0 Å². The molecule has 0 unspecified atom stereocenters. The highest BCUT2D eigenvalue weighted by molar-refractivity contribution is 6.17. The molecule has 0 radical (unpaired) electrons. The minimum atomic E-state index is 0.0377. The molecule has 0 aliphatic rings. The SMILES string of the molecule is O=C(c1ccccc1)c1cccn1CCCl. The number of halogens is 1. The van der Waals surface area contributed by atoms with Crippen LogP contribution < -0.4 is 0 Å². The summed E-state index contributed by atoms with van der Waals surface area (Å²) in [7, 11) is 0. The van der Waals surface area contributed by atoms with Crippen molar-refractivity contribution in [3.8, 4) is 0 Å². The van der Waals surface area contributed by atoms with Crippen LogP contribution in [0, 0.1) is 0 Å². The number of benzene rings is 1. The van der Waals surface area contributed by atoms with Gasteiger partial charge in [0.05, 0.1) is 5.69 Å². The molecule has 0 saturated heterocycles. The second-order valence-electron chi connectivity index (χ2n) is 3.47. The van der Waals surface area contributed by atoms with Crippen molar-refractivity contribution >= 4 is 17.4 Å². The van der Waals surface area contributed by atoms with Crippen molar-refractivity contribution in [1.29, 1.82) is 0 Å². The maximum absolute atomic E-state index is 12.1. The first-order valence-electron chi connectivity index (χ1n) is 5.14. The van der Waals surface area contributed by atoms with Crippen LogP contribution in [0.25, 0.3) is 0 Å². The van der Waals surface area contributed by atoms with Crippen LogP contribution in [0.1, 0.15) is 16.1 Å². The number of ketones is 1. The lowest BCUT2D eigenvalue weighted by Gasteiger charge is -2.06. The van der Waals surface area contributed by atoms with Crippen molar-refractivity contribution in [2.75, 3.05) is 5.88 Å². The van der Waals surface area contributed by atoms with E-state index < -0.39 is 0 Å². The average molecular weight is 234 g/mol. The molecule has 1 aromatic carbocycles. The summed E-state index contributed by atoms with van der Waals surface area (Å²) in [6, 6.07) is 12.9. The number of carbonyl (C=O) groups is 1. The minimum Gasteiger partial charge on any atom is -0.344 e. The zero-order valence-electron chi connectivity index (χ0n) is 8.77. The van der Waals surface area contributed by atoms with Crippen LogP contribution in [0.15, 0.2) is 48.7 Å². The average Bonchev–Trinajstić information content (AvgIpc) is 2.78. The summed E-state index contributed by atoms with van der Waals surface area (Å²) in [6.07, 6.45) is 1.87. The van der Waals surface area contributed by atoms with Crippen LogP contribution in [0.3, 0.4) is 0 Å². The van der Waals surface area contributed by atoms with Crippen molar-refractivity contribution < 1.29 is 4.79 Å². The van der Waals surface area contributed by atoms with Gasteiger partial charge in [-0.3, -0.25) is 4.79 Å². The Balaban J connectivity index is 2.31. The van der Waals surface area contributed by atoms with E-state index in [0.29, 0.717) is 23.7 Å². The fourth-order valence-corrected chi connectivity index (χ4v) is 1.83. The topological polar surface area (TPSA) is 22.0 Å². The molecule has 0 spiro atoms. The molecule has 0 N–H and O–H groups in total. The minimum absolute atomic E-state index is 0.0377. The first kappa shape index (κ1) is 11.0. The third-order valence-corrected chi connectivity index (χ3v) is 2.59. The summed E-state index contributed by atoms with van der Waals surface area (Å²) >= 11 is 5.68. The van der Waals surface area contributed by atoms with E-state index in [-0.39, 0.29) is 5.78 Å². The van der Waals surface area contributed by atoms with Crippen LogP contribution in [0.4, 0.5) is 0 Å². The molecule has 0 amide bonds. The highest BCUT2D eigenvalue weighted by atomic mass is 35.5. The molecule has 0 atom stereocenters. The standard InChI is InChI=1S/C13H12ClNO/c14-8-10-15-9-4-7-12(15)13(16)11-5-2-1-3-6-11/h1-7,9H,8,10H2. The molecule has 2 nitrogen and oxygen atoms in total. The Morgan fingerprint density at radius 2 is 1.88 bits per heavy atom. The van der Waals surface area contributed by atoms with Gasteiger partial charge in [0.25, 0.3) is 0 Å². The molecule has 2 aromatic rings. The lowest BCUT2D eigenvalue weighted by molar-refractivity contribution is 0.103. The van der Waals surface area contributed by atoms with Crippen molar-refractivity contribution in [2.24, 2.45) is 0 Å². The van der Waals surface area contributed by atoms with Crippen molar-refractivity contribution in [2.45, 2.75) is 6.54 Å². The van der Waals surface area contributed by atoms with E-state index in [1.54, 1.807) is 0 Å². The van der Waals surface area contributed by atoms with Gasteiger partial charge in [0.15, 0.2) is 0 Å². The monoisotopic (exact) mass is 233 g/mol. The molecule has 3 heteroatoms. The van der Waals surface area contributed by atoms with Crippen LogP contribution >= 0.6 is 11.6 Å². The van der Waals surface area contributed by atoms with Crippen LogP contribution in [-0.4, -0.2) is 16.2 Å². The van der Waals surface area contributed by atoms with Gasteiger partial charge in [0.2, 0.25) is 5.78 Å². The maximum Gasteiger partial charge on any atom is 0.209 e. The third kappa shape index (κ3) is 2.17. The third-order valence-electron chi connectivity index (χ3n) is 2.42. The number of alkyl halides is 1. The maximum atomic E-state index is 12.1. The first-order valence-corrected chi connectivity index (χ1v) is 5.67. The molecule has 0 bridgehead atoms. The van der Waals surface area contributed by atoms with Crippen LogP contribution in [0.5, 0.6) is 0 Å². The van der Waals surface area contributed by atoms with Crippen molar-refractivity contribution in [3.05, 3.63) is 59.9 Å². The Morgan fingerprint density at radius 1 is 1.12 bits per heavy atom. The number of aromatic nitrogens is 1. The van der Waals surface area contributed by atoms with Gasteiger partial charge in [-0.05, 0) is 12.1 Å². The lowest BCUT2D eigenvalue weighted by atomic mass is 10.1. The van der Waals surface area contributed by atoms with E-state index in [4.69, 9.17) is 11.6 Å². The molecule has 2 rings (SSSR count). The highest BCUT2D eigenvalue weighted by Crippen LogP contribution is 2.10. The molecule has 1 aromatic heterocycles. The van der Waals surface area contributed by atoms with Gasteiger partial charge in [0.1, 0.15) is 0 Å². The summed E-state index contributed by atoms with van der Waals surface area (Å²) in [6.45, 7) is 0.655. The molecular formula is C13H12ClNO. The second-order valence-corrected chi connectivity index (χ2v) is 3.85. The van der Waals surface area contributed by atoms with Gasteiger partial charge in [-0.1, -0.05) is 30.3 Å². The summed E-state index contributed by atoms with van der Waals surface area (Å²) in [5, 5.41) is 0. The molecule has 16 heavy (non-hydrogen) atoms. The fraction of sp³-hybridized carbons (Fsp3) is 0.154. The smallest absolute Gasteiger partial charge is 0.209 e. The first-order chi connectivity index (χ1) is 7.83. The second kappa shape index (κ2) is 4.99. The van der Waals surface area contributed by atoms with E-state index >= 15 is 0 Å². The Morgan fingerprint density at radius 3 is 2.56 bits per heavy atom. The lowest BCUT2D eigenvalue weighted by Crippen LogP contribution is -2.10. The van der Waals surface area contributed by atoms with Gasteiger partial charge < -0.3 is 4.57 Å². The molecule has 1 heterocycles. The summed E-state index contributed by atoms with van der Waals surface area (Å²) < 4.78 is 1.88. The van der Waals surface area contributed by atoms with Gasteiger partial charge >= 0.3 is 0 Å². The van der Waals surface area contributed by atoms with Crippen molar-refractivity contribution in [3.63, 3.8) is 0 Å². The van der Waals surface area contributed by atoms with Gasteiger partial charge in [-0.15, -0.1) is 11.6 Å². The van der Waals surface area contributed by atoms with Gasteiger partial charge in [0, 0.05) is 24.2 Å². The van der Waals surface area contributed by atoms with E-state index in [1.807, 2.05) is 53.2 Å². The molecule has 0 aliphatic heterocycles. The van der Waals surface area contributed by atoms with E-state index in [1.165, 1.54) is 0 Å². The fourth-order valence-electron chi connectivity index (χ4n) is 1.64. The number of aryl methyl sites for hydroxylation is 1. The van der Waals surface area contributed by atoms with Crippen molar-refractivity contribution in [1.82, 2.24) is 4.57 Å². The van der Waals surface area contributed by atoms with Gasteiger partial charge in [-0.25, -0.2) is 0 Å². The Labute approximate surface area is 99.5 Å². The molecular weight excluding hydrogens is 222 g/mol. The molecule has 0 fully saturated rings. The number of carbonyl (C=O) groups excluding carboxylic acids is 1. The summed E-state index contributed by atoms with van der Waals surface area (Å²) in [5.74, 6) is 0.541. The normalized spacial score (nSPS) is 10.3. The summed E-state index contributed by atoms with van der Waals surface area (Å²) in [4.78, 5) is 12.1. The zero-order chi connectivity index (χ0) is 11.4. The quantitative estimate of drug-likeness (QED) is 0.588.